The van der Waals surface area contributed by atoms with Crippen LogP contribution in [-0.4, -0.2) is 23.2 Å². The van der Waals surface area contributed by atoms with Crippen LogP contribution >= 0.6 is 11.6 Å². The number of benzene rings is 1. The molecule has 0 unspecified atom stereocenters. The van der Waals surface area contributed by atoms with Crippen LogP contribution in [0, 0.1) is 16.0 Å². The van der Waals surface area contributed by atoms with E-state index in [-0.39, 0.29) is 10.7 Å². The number of rotatable bonds is 4. The summed E-state index contributed by atoms with van der Waals surface area (Å²) in [7, 11) is 0. The van der Waals surface area contributed by atoms with Gasteiger partial charge in [-0.25, -0.2) is 4.79 Å². The highest BCUT2D eigenvalue weighted by Crippen LogP contribution is 2.36. The largest absolute Gasteiger partial charge is 0.443 e. The molecule has 1 saturated carbocycles. The Labute approximate surface area is 134 Å². The molecule has 0 radical (unpaired) electrons. The lowest BCUT2D eigenvalue weighted by Gasteiger charge is -2.28. The Kier molecular flexibility index (Phi) is 4.60. The van der Waals surface area contributed by atoms with E-state index >= 15 is 0 Å². The second-order valence-electron chi connectivity index (χ2n) is 6.43. The van der Waals surface area contributed by atoms with Crippen LogP contribution in [0.2, 0.25) is 5.02 Å². The zero-order chi connectivity index (χ0) is 16.5. The number of nitro benzene ring substituents is 1. The van der Waals surface area contributed by atoms with Crippen molar-refractivity contribution in [2.45, 2.75) is 39.2 Å². The minimum Gasteiger partial charge on any atom is -0.443 e. The fourth-order valence-electron chi connectivity index (χ4n) is 1.98. The number of non-ortho nitro benzene ring substituents is 1. The third-order valence-electron chi connectivity index (χ3n) is 3.18. The highest BCUT2D eigenvalue weighted by molar-refractivity contribution is 6.34. The monoisotopic (exact) mass is 326 g/mol. The lowest BCUT2D eigenvalue weighted by molar-refractivity contribution is -0.384. The van der Waals surface area contributed by atoms with Crippen LogP contribution in [0.5, 0.6) is 0 Å². The van der Waals surface area contributed by atoms with Gasteiger partial charge in [0.05, 0.1) is 15.6 Å². The molecule has 1 amide bonds. The van der Waals surface area contributed by atoms with Crippen molar-refractivity contribution in [2.75, 3.05) is 11.4 Å². The number of nitro groups is 1. The molecule has 0 atom stereocenters. The van der Waals surface area contributed by atoms with E-state index in [0.717, 1.165) is 12.8 Å². The first-order valence-electron chi connectivity index (χ1n) is 7.12. The molecule has 1 aliphatic rings. The summed E-state index contributed by atoms with van der Waals surface area (Å²) in [6.45, 7) is 5.87. The van der Waals surface area contributed by atoms with Gasteiger partial charge in [-0.05, 0) is 45.6 Å². The number of halogens is 1. The molecule has 0 aromatic heterocycles. The molecule has 0 N–H and O–H groups in total. The molecule has 1 aliphatic carbocycles. The lowest BCUT2D eigenvalue weighted by Crippen LogP contribution is -2.38. The van der Waals surface area contributed by atoms with Crippen LogP contribution in [0.4, 0.5) is 16.2 Å². The summed E-state index contributed by atoms with van der Waals surface area (Å²) in [4.78, 5) is 24.1. The third-order valence-corrected chi connectivity index (χ3v) is 3.49. The van der Waals surface area contributed by atoms with Crippen molar-refractivity contribution >= 4 is 29.1 Å². The summed E-state index contributed by atoms with van der Waals surface area (Å²) in [6, 6.07) is 4.08. The Morgan fingerprint density at radius 3 is 2.55 bits per heavy atom. The molecule has 1 aromatic rings. The van der Waals surface area contributed by atoms with Gasteiger partial charge in [-0.1, -0.05) is 11.6 Å². The van der Waals surface area contributed by atoms with Gasteiger partial charge in [-0.2, -0.15) is 0 Å². The fourth-order valence-corrected chi connectivity index (χ4v) is 2.25. The molecule has 2 rings (SSSR count). The van der Waals surface area contributed by atoms with Gasteiger partial charge < -0.3 is 4.74 Å². The molecular weight excluding hydrogens is 308 g/mol. The maximum atomic E-state index is 12.4. The highest BCUT2D eigenvalue weighted by atomic mass is 35.5. The SMILES string of the molecule is CC(C)(C)OC(=O)N(CC1CC1)c1ccc([N+](=O)[O-])cc1Cl. The van der Waals surface area contributed by atoms with Crippen LogP contribution in [-0.2, 0) is 4.74 Å². The minimum atomic E-state index is -0.619. The zero-order valence-electron chi connectivity index (χ0n) is 12.8. The van der Waals surface area contributed by atoms with Gasteiger partial charge in [0.25, 0.3) is 5.69 Å². The molecule has 0 saturated heterocycles. The average molecular weight is 327 g/mol. The number of nitrogens with zero attached hydrogens (tertiary/aromatic N) is 2. The molecule has 1 fully saturated rings. The molecule has 0 aliphatic heterocycles. The third kappa shape index (κ3) is 4.34. The van der Waals surface area contributed by atoms with Gasteiger partial charge >= 0.3 is 6.09 Å². The zero-order valence-corrected chi connectivity index (χ0v) is 13.6. The molecule has 1 aromatic carbocycles. The highest BCUT2D eigenvalue weighted by Gasteiger charge is 2.31. The van der Waals surface area contributed by atoms with E-state index in [1.54, 1.807) is 20.8 Å². The first kappa shape index (κ1) is 16.5. The van der Waals surface area contributed by atoms with E-state index in [4.69, 9.17) is 16.3 Å². The first-order chi connectivity index (χ1) is 10.2. The van der Waals surface area contributed by atoms with E-state index < -0.39 is 16.6 Å². The van der Waals surface area contributed by atoms with Gasteiger partial charge in [0.15, 0.2) is 0 Å². The predicted octanol–water partition coefficient (Wildman–Crippen LogP) is 4.40. The van der Waals surface area contributed by atoms with Crippen molar-refractivity contribution in [1.29, 1.82) is 0 Å². The summed E-state index contributed by atoms with van der Waals surface area (Å²) in [5, 5.41) is 11.0. The van der Waals surface area contributed by atoms with Crippen LogP contribution in [0.15, 0.2) is 18.2 Å². The van der Waals surface area contributed by atoms with Crippen molar-refractivity contribution < 1.29 is 14.5 Å². The molecule has 6 nitrogen and oxygen atoms in total. The fraction of sp³-hybridized carbons (Fsp3) is 0.533. The maximum absolute atomic E-state index is 12.4. The minimum absolute atomic E-state index is 0.107. The van der Waals surface area contributed by atoms with E-state index in [1.807, 2.05) is 0 Å². The number of anilines is 1. The van der Waals surface area contributed by atoms with Crippen molar-refractivity contribution in [3.8, 4) is 0 Å². The molecule has 0 bridgehead atoms. The molecule has 120 valence electrons. The van der Waals surface area contributed by atoms with Crippen molar-refractivity contribution in [3.63, 3.8) is 0 Å². The second-order valence-corrected chi connectivity index (χ2v) is 6.83. The van der Waals surface area contributed by atoms with Crippen molar-refractivity contribution in [1.82, 2.24) is 0 Å². The number of hydrogen-bond acceptors (Lipinski definition) is 4. The lowest BCUT2D eigenvalue weighted by atomic mass is 10.2. The summed E-state index contributed by atoms with van der Waals surface area (Å²) >= 11 is 6.13. The Hall–Kier alpha value is -1.82. The van der Waals surface area contributed by atoms with Gasteiger partial charge in [0.1, 0.15) is 5.60 Å². The Bertz CT molecular complexity index is 594. The maximum Gasteiger partial charge on any atom is 0.414 e. The number of ether oxygens (including phenoxy) is 1. The van der Waals surface area contributed by atoms with Crippen LogP contribution in [0.1, 0.15) is 33.6 Å². The topological polar surface area (TPSA) is 72.7 Å². The number of carbonyl (C=O) groups excluding carboxylic acids is 1. The molecular formula is C15H19ClN2O4. The summed E-state index contributed by atoms with van der Waals surface area (Å²) < 4.78 is 5.41. The first-order valence-corrected chi connectivity index (χ1v) is 7.49. The Morgan fingerprint density at radius 1 is 1.45 bits per heavy atom. The Morgan fingerprint density at radius 2 is 2.09 bits per heavy atom. The van der Waals surface area contributed by atoms with Crippen molar-refractivity contribution in [2.24, 2.45) is 5.92 Å². The number of amides is 1. The van der Waals surface area contributed by atoms with E-state index in [2.05, 4.69) is 0 Å². The summed E-state index contributed by atoms with van der Waals surface area (Å²) in [5.74, 6) is 0.429. The van der Waals surface area contributed by atoms with Gasteiger partial charge in [0, 0.05) is 18.7 Å². The summed E-state index contributed by atoms with van der Waals surface area (Å²) in [5.41, 5.74) is -0.288. The van der Waals surface area contributed by atoms with Gasteiger partial charge in [-0.3, -0.25) is 15.0 Å². The predicted molar refractivity (Wildman–Crippen MR) is 84.4 cm³/mol. The molecule has 0 heterocycles. The van der Waals surface area contributed by atoms with E-state index in [0.29, 0.717) is 18.2 Å². The quantitative estimate of drug-likeness (QED) is 0.607. The van der Waals surface area contributed by atoms with E-state index in [9.17, 15) is 14.9 Å². The molecule has 0 spiro atoms. The molecule has 7 heteroatoms. The standard InChI is InChI=1S/C15H19ClN2O4/c1-15(2,3)22-14(19)17(9-10-4-5-10)13-7-6-11(18(20)21)8-12(13)16/h6-8,10H,4-5,9H2,1-3H3. The smallest absolute Gasteiger partial charge is 0.414 e. The van der Waals surface area contributed by atoms with Crippen molar-refractivity contribution in [3.05, 3.63) is 33.3 Å². The number of hydrogen-bond donors (Lipinski definition) is 0. The van der Waals surface area contributed by atoms with Crippen LogP contribution < -0.4 is 4.90 Å². The number of carbonyl (C=O) groups is 1. The van der Waals surface area contributed by atoms with Crippen LogP contribution in [0.25, 0.3) is 0 Å². The Balaban J connectivity index is 2.28. The summed E-state index contributed by atoms with van der Waals surface area (Å²) in [6.07, 6.45) is 1.63. The van der Waals surface area contributed by atoms with Crippen LogP contribution in [0.3, 0.4) is 0 Å². The average Bonchev–Trinajstić information content (AvgIpc) is 3.18. The molecule has 22 heavy (non-hydrogen) atoms. The van der Waals surface area contributed by atoms with Gasteiger partial charge in [0.2, 0.25) is 0 Å². The normalized spacial score (nSPS) is 14.5. The van der Waals surface area contributed by atoms with E-state index in [1.165, 1.54) is 23.1 Å². The van der Waals surface area contributed by atoms with Gasteiger partial charge in [-0.15, -0.1) is 0 Å². The second kappa shape index (κ2) is 6.12.